The molecule has 14 heteroatoms. The Labute approximate surface area is 223 Å². The van der Waals surface area contributed by atoms with Gasteiger partial charge in [-0.05, 0) is 30.7 Å². The van der Waals surface area contributed by atoms with E-state index in [0.29, 0.717) is 16.8 Å². The van der Waals surface area contributed by atoms with Crippen LogP contribution in [0.1, 0.15) is 22.3 Å². The summed E-state index contributed by atoms with van der Waals surface area (Å²) in [5, 5.41) is 16.3. The van der Waals surface area contributed by atoms with Crippen molar-refractivity contribution in [2.45, 2.75) is 31.5 Å². The fraction of sp³-hybridized carbons (Fsp3) is 0.269. The number of aliphatic carboxylic acids is 1. The number of carboxylic acids is 1. The quantitative estimate of drug-likeness (QED) is 0.359. The molecule has 5 rings (SSSR count). The number of hydrogen-bond acceptors (Lipinski definition) is 6. The van der Waals surface area contributed by atoms with Crippen LogP contribution >= 0.6 is 0 Å². The number of likely N-dealkylation sites (tertiary alicyclic amines) is 1. The summed E-state index contributed by atoms with van der Waals surface area (Å²) in [6.07, 6.45) is -4.07. The van der Waals surface area contributed by atoms with E-state index in [0.717, 1.165) is 10.9 Å². The van der Waals surface area contributed by atoms with Crippen molar-refractivity contribution < 1.29 is 41.4 Å². The number of aryl methyl sites for hydroxylation is 1. The van der Waals surface area contributed by atoms with Gasteiger partial charge in [0, 0.05) is 24.4 Å². The Morgan fingerprint density at radius 2 is 1.70 bits per heavy atom. The third kappa shape index (κ3) is 6.33. The van der Waals surface area contributed by atoms with E-state index in [9.17, 15) is 26.7 Å². The first-order valence-corrected chi connectivity index (χ1v) is 11.8. The maximum atomic E-state index is 14.8. The Hall–Kier alpha value is -4.62. The van der Waals surface area contributed by atoms with Gasteiger partial charge in [0.25, 0.3) is 11.8 Å². The standard InChI is InChI=1S/C24H21F2N5O2.C2HF3O2/c1-16-5-4-7-18(22(16)31-27-12-13-28-31)23(32)30-14-11-24(25,26)20(15-30)33-21-10-9-17-6-2-3-8-19(17)29-21;3-2(4,5)1(6)7/h2-10,12-13,20H,11,14-15H2,1H3;(H,6,7). The van der Waals surface area contributed by atoms with E-state index < -0.39 is 30.6 Å². The first kappa shape index (κ1) is 28.4. The molecule has 2 aromatic heterocycles. The largest absolute Gasteiger partial charge is 0.490 e. The summed E-state index contributed by atoms with van der Waals surface area (Å²) in [4.78, 5) is 29.4. The van der Waals surface area contributed by atoms with E-state index in [2.05, 4.69) is 15.2 Å². The second kappa shape index (κ2) is 11.2. The summed E-state index contributed by atoms with van der Waals surface area (Å²) in [5.74, 6) is -6.12. The van der Waals surface area contributed by atoms with E-state index in [4.69, 9.17) is 14.6 Å². The summed E-state index contributed by atoms with van der Waals surface area (Å²) in [7, 11) is 0. The smallest absolute Gasteiger partial charge is 0.475 e. The molecular weight excluding hydrogens is 541 g/mol. The van der Waals surface area contributed by atoms with Crippen LogP contribution in [0.4, 0.5) is 22.0 Å². The molecule has 2 aromatic carbocycles. The van der Waals surface area contributed by atoms with Crippen LogP contribution in [-0.2, 0) is 4.79 Å². The number of halogens is 5. The number of rotatable bonds is 4. The maximum absolute atomic E-state index is 14.8. The number of para-hydroxylation sites is 2. The number of aromatic nitrogens is 4. The molecule has 210 valence electrons. The van der Waals surface area contributed by atoms with Crippen molar-refractivity contribution in [2.75, 3.05) is 13.1 Å². The highest BCUT2D eigenvalue weighted by Gasteiger charge is 2.47. The highest BCUT2D eigenvalue weighted by Crippen LogP contribution is 2.33. The molecule has 4 aromatic rings. The normalized spacial score (nSPS) is 16.6. The number of ether oxygens (including phenoxy) is 1. The molecule has 1 N–H and O–H groups in total. The molecule has 3 heterocycles. The van der Waals surface area contributed by atoms with Gasteiger partial charge in [-0.15, -0.1) is 0 Å². The van der Waals surface area contributed by atoms with Crippen molar-refractivity contribution in [1.29, 1.82) is 0 Å². The first-order valence-electron chi connectivity index (χ1n) is 11.8. The van der Waals surface area contributed by atoms with Crippen molar-refractivity contribution in [1.82, 2.24) is 24.9 Å². The molecule has 0 bridgehead atoms. The highest BCUT2D eigenvalue weighted by molar-refractivity contribution is 5.98. The number of piperidine rings is 1. The van der Waals surface area contributed by atoms with E-state index in [1.54, 1.807) is 30.3 Å². The molecule has 0 aliphatic carbocycles. The second-order valence-electron chi connectivity index (χ2n) is 8.80. The summed E-state index contributed by atoms with van der Waals surface area (Å²) >= 11 is 0. The van der Waals surface area contributed by atoms with Crippen molar-refractivity contribution >= 4 is 22.8 Å². The number of pyridine rings is 1. The van der Waals surface area contributed by atoms with Gasteiger partial charge in [-0.2, -0.15) is 28.2 Å². The Bertz CT molecular complexity index is 1510. The fourth-order valence-corrected chi connectivity index (χ4v) is 4.04. The Kier molecular flexibility index (Phi) is 7.98. The highest BCUT2D eigenvalue weighted by atomic mass is 19.4. The van der Waals surface area contributed by atoms with Gasteiger partial charge in [-0.1, -0.05) is 30.3 Å². The minimum Gasteiger partial charge on any atom is -0.475 e. The van der Waals surface area contributed by atoms with Crippen molar-refractivity contribution in [3.8, 4) is 11.6 Å². The molecule has 0 saturated carbocycles. The number of hydrogen-bond donors (Lipinski definition) is 1. The van der Waals surface area contributed by atoms with Gasteiger partial charge in [0.1, 0.15) is 5.69 Å². The number of carboxylic acid groups (broad SMARTS) is 1. The summed E-state index contributed by atoms with van der Waals surface area (Å²) in [5.41, 5.74) is 2.32. The van der Waals surface area contributed by atoms with Crippen LogP contribution < -0.4 is 4.74 Å². The van der Waals surface area contributed by atoms with E-state index >= 15 is 0 Å². The number of nitrogens with zero attached hydrogens (tertiary/aromatic N) is 5. The van der Waals surface area contributed by atoms with Gasteiger partial charge in [-0.3, -0.25) is 4.79 Å². The maximum Gasteiger partial charge on any atom is 0.490 e. The molecule has 9 nitrogen and oxygen atoms in total. The predicted molar refractivity (Wildman–Crippen MR) is 131 cm³/mol. The van der Waals surface area contributed by atoms with Crippen LogP contribution in [0.2, 0.25) is 0 Å². The lowest BCUT2D eigenvalue weighted by Gasteiger charge is -2.38. The molecule has 40 heavy (non-hydrogen) atoms. The zero-order chi connectivity index (χ0) is 29.1. The van der Waals surface area contributed by atoms with E-state index in [1.807, 2.05) is 31.2 Å². The lowest BCUT2D eigenvalue weighted by Crippen LogP contribution is -2.55. The van der Waals surface area contributed by atoms with Crippen LogP contribution in [-0.4, -0.2) is 73.2 Å². The monoisotopic (exact) mass is 563 g/mol. The Balaban J connectivity index is 0.000000470. The van der Waals surface area contributed by atoms with Crippen LogP contribution in [0.5, 0.6) is 5.88 Å². The molecule has 1 aliphatic heterocycles. The average molecular weight is 563 g/mol. The number of carbonyl (C=O) groups excluding carboxylic acids is 1. The van der Waals surface area contributed by atoms with Crippen molar-refractivity contribution in [3.05, 3.63) is 78.1 Å². The number of alkyl halides is 5. The third-order valence-corrected chi connectivity index (χ3v) is 6.02. The van der Waals surface area contributed by atoms with Gasteiger partial charge in [-0.25, -0.2) is 18.6 Å². The lowest BCUT2D eigenvalue weighted by atomic mass is 10.0. The molecule has 0 spiro atoms. The van der Waals surface area contributed by atoms with Gasteiger partial charge in [0.15, 0.2) is 6.10 Å². The number of carbonyl (C=O) groups is 2. The lowest BCUT2D eigenvalue weighted by molar-refractivity contribution is -0.192. The minimum atomic E-state index is -5.08. The van der Waals surface area contributed by atoms with Gasteiger partial charge in [0.05, 0.1) is 30.0 Å². The van der Waals surface area contributed by atoms with Gasteiger partial charge < -0.3 is 14.7 Å². The molecule has 1 atom stereocenters. The topological polar surface area (TPSA) is 110 Å². The zero-order valence-corrected chi connectivity index (χ0v) is 20.8. The molecule has 0 radical (unpaired) electrons. The van der Waals surface area contributed by atoms with Crippen molar-refractivity contribution in [3.63, 3.8) is 0 Å². The van der Waals surface area contributed by atoms with Crippen LogP contribution in [0.3, 0.4) is 0 Å². The predicted octanol–water partition coefficient (Wildman–Crippen LogP) is 4.69. The average Bonchev–Trinajstić information content (AvgIpc) is 3.43. The molecule has 1 saturated heterocycles. The Morgan fingerprint density at radius 3 is 2.38 bits per heavy atom. The van der Waals surface area contributed by atoms with Gasteiger partial charge in [0.2, 0.25) is 5.88 Å². The SMILES string of the molecule is Cc1cccc(C(=O)N2CCC(F)(F)C(Oc3ccc4ccccc4n3)C2)c1-n1nccn1.O=C(O)C(F)(F)F. The van der Waals surface area contributed by atoms with Crippen LogP contribution in [0.25, 0.3) is 16.6 Å². The summed E-state index contributed by atoms with van der Waals surface area (Å²) in [6, 6.07) is 16.0. The zero-order valence-electron chi connectivity index (χ0n) is 20.8. The fourth-order valence-electron chi connectivity index (χ4n) is 4.04. The third-order valence-electron chi connectivity index (χ3n) is 6.02. The molecule has 1 fully saturated rings. The number of amides is 1. The van der Waals surface area contributed by atoms with E-state index in [1.165, 1.54) is 22.1 Å². The summed E-state index contributed by atoms with van der Waals surface area (Å²) < 4.78 is 66.9. The molecule has 1 unspecified atom stereocenters. The number of fused-ring (bicyclic) bond motifs is 1. The Morgan fingerprint density at radius 1 is 1.02 bits per heavy atom. The molecule has 1 aliphatic rings. The second-order valence-corrected chi connectivity index (χ2v) is 8.80. The van der Waals surface area contributed by atoms with E-state index in [-0.39, 0.29) is 24.9 Å². The van der Waals surface area contributed by atoms with Gasteiger partial charge >= 0.3 is 12.1 Å². The number of benzene rings is 2. The molecular formula is C26H22F5N5O4. The minimum absolute atomic E-state index is 0.0865. The first-order chi connectivity index (χ1) is 18.9. The molecule has 1 amide bonds. The summed E-state index contributed by atoms with van der Waals surface area (Å²) in [6.45, 7) is 1.49. The van der Waals surface area contributed by atoms with Crippen LogP contribution in [0.15, 0.2) is 67.0 Å². The van der Waals surface area contributed by atoms with Crippen molar-refractivity contribution in [2.24, 2.45) is 0 Å². The van der Waals surface area contributed by atoms with Crippen LogP contribution in [0, 0.1) is 6.92 Å².